The van der Waals surface area contributed by atoms with E-state index in [-0.39, 0.29) is 34.5 Å². The first-order valence-corrected chi connectivity index (χ1v) is 9.68. The molecule has 3 aromatic rings. The molecule has 0 heterocycles. The minimum absolute atomic E-state index is 0.0485. The highest BCUT2D eigenvalue weighted by atomic mass is 35.5. The van der Waals surface area contributed by atoms with Gasteiger partial charge in [-0.25, -0.2) is 0 Å². The molecular formula is C23H21ClN2O5. The number of anilines is 1. The molecule has 0 aliphatic rings. The summed E-state index contributed by atoms with van der Waals surface area (Å²) in [4.78, 5) is 28.3. The Balaban J connectivity index is 2.03. The first-order chi connectivity index (χ1) is 14.7. The van der Waals surface area contributed by atoms with Crippen LogP contribution in [-0.2, 0) is 6.54 Å². The Hall–Kier alpha value is -3.71. The first kappa shape index (κ1) is 22.0. The highest BCUT2D eigenvalue weighted by Gasteiger charge is 2.23. The second-order valence-corrected chi connectivity index (χ2v) is 7.54. The molecule has 3 rings (SSSR count). The normalized spacial score (nSPS) is 10.5. The number of carbonyl (C=O) groups is 2. The summed E-state index contributed by atoms with van der Waals surface area (Å²) in [5.74, 6) is -1.48. The summed E-state index contributed by atoms with van der Waals surface area (Å²) in [6, 6.07) is 15.1. The predicted octanol–water partition coefficient (Wildman–Crippen LogP) is 4.01. The number of hydrogen-bond donors (Lipinski definition) is 3. The van der Waals surface area contributed by atoms with Gasteiger partial charge in [0, 0.05) is 31.4 Å². The summed E-state index contributed by atoms with van der Waals surface area (Å²) >= 11 is 5.94. The van der Waals surface area contributed by atoms with E-state index in [0.29, 0.717) is 16.8 Å². The second-order valence-electron chi connectivity index (χ2n) is 7.13. The minimum Gasteiger partial charge on any atom is -0.508 e. The van der Waals surface area contributed by atoms with Gasteiger partial charge in [-0.1, -0.05) is 23.7 Å². The van der Waals surface area contributed by atoms with E-state index in [1.807, 2.05) is 0 Å². The lowest BCUT2D eigenvalue weighted by Gasteiger charge is -2.24. The maximum absolute atomic E-state index is 13.3. The van der Waals surface area contributed by atoms with Crippen LogP contribution in [0.5, 0.6) is 17.2 Å². The Morgan fingerprint density at radius 2 is 1.55 bits per heavy atom. The third-order valence-electron chi connectivity index (χ3n) is 4.62. The van der Waals surface area contributed by atoms with Crippen molar-refractivity contribution in [2.24, 2.45) is 0 Å². The van der Waals surface area contributed by atoms with Gasteiger partial charge in [0.2, 0.25) is 0 Å². The average molecular weight is 441 g/mol. The lowest BCUT2D eigenvalue weighted by Crippen LogP contribution is -2.30. The first-order valence-electron chi connectivity index (χ1n) is 9.30. The molecule has 0 unspecified atom stereocenters. The van der Waals surface area contributed by atoms with Crippen molar-refractivity contribution >= 4 is 29.1 Å². The smallest absolute Gasteiger partial charge is 0.262 e. The minimum atomic E-state index is -0.575. The van der Waals surface area contributed by atoms with Crippen LogP contribution in [0.25, 0.3) is 0 Å². The number of carbonyl (C=O) groups excluding carboxylic acids is 2. The molecule has 7 nitrogen and oxygen atoms in total. The molecule has 160 valence electrons. The van der Waals surface area contributed by atoms with Crippen LogP contribution in [0.1, 0.15) is 26.3 Å². The van der Waals surface area contributed by atoms with Crippen molar-refractivity contribution in [3.63, 3.8) is 0 Å². The fraction of sp³-hybridized carbons (Fsp3) is 0.130. The molecule has 0 saturated carbocycles. The Kier molecular flexibility index (Phi) is 6.36. The molecule has 0 atom stereocenters. The SMILES string of the molecule is CN(C)C(=O)c1ccc(N(Cc2cccc(O)c2)C(=O)c2cc(Cl)c(O)cc2O)cc1. The topological polar surface area (TPSA) is 101 Å². The third kappa shape index (κ3) is 4.90. The number of amides is 2. The monoisotopic (exact) mass is 440 g/mol. The molecule has 31 heavy (non-hydrogen) atoms. The molecule has 0 bridgehead atoms. The van der Waals surface area contributed by atoms with Gasteiger partial charge in [0.05, 0.1) is 17.1 Å². The van der Waals surface area contributed by atoms with Crippen LogP contribution in [-0.4, -0.2) is 46.1 Å². The number of benzene rings is 3. The number of nitrogens with zero attached hydrogens (tertiary/aromatic N) is 2. The molecule has 3 aromatic carbocycles. The summed E-state index contributed by atoms with van der Waals surface area (Å²) in [7, 11) is 3.29. The summed E-state index contributed by atoms with van der Waals surface area (Å²) < 4.78 is 0. The molecule has 3 N–H and O–H groups in total. The maximum Gasteiger partial charge on any atom is 0.262 e. The van der Waals surface area contributed by atoms with Gasteiger partial charge < -0.3 is 25.1 Å². The van der Waals surface area contributed by atoms with E-state index < -0.39 is 11.7 Å². The fourth-order valence-corrected chi connectivity index (χ4v) is 3.19. The number of aromatic hydroxyl groups is 3. The zero-order valence-corrected chi connectivity index (χ0v) is 17.7. The van der Waals surface area contributed by atoms with Crippen molar-refractivity contribution in [1.29, 1.82) is 0 Å². The Bertz CT molecular complexity index is 1130. The molecule has 2 amide bonds. The van der Waals surface area contributed by atoms with Crippen molar-refractivity contribution in [3.05, 3.63) is 82.4 Å². The van der Waals surface area contributed by atoms with Crippen molar-refractivity contribution in [2.45, 2.75) is 6.54 Å². The molecule has 0 spiro atoms. The van der Waals surface area contributed by atoms with Crippen molar-refractivity contribution in [2.75, 3.05) is 19.0 Å². The molecule has 0 aliphatic heterocycles. The van der Waals surface area contributed by atoms with Crippen LogP contribution >= 0.6 is 11.6 Å². The van der Waals surface area contributed by atoms with Gasteiger partial charge in [-0.3, -0.25) is 9.59 Å². The number of phenolic OH excluding ortho intramolecular Hbond substituents is 3. The zero-order valence-electron chi connectivity index (χ0n) is 16.9. The Morgan fingerprint density at radius 3 is 2.16 bits per heavy atom. The number of halogens is 1. The predicted molar refractivity (Wildman–Crippen MR) is 118 cm³/mol. The van der Waals surface area contributed by atoms with Gasteiger partial charge in [0.1, 0.15) is 17.2 Å². The van der Waals surface area contributed by atoms with Crippen molar-refractivity contribution in [3.8, 4) is 17.2 Å². The van der Waals surface area contributed by atoms with Crippen LogP contribution in [0.15, 0.2) is 60.7 Å². The largest absolute Gasteiger partial charge is 0.508 e. The fourth-order valence-electron chi connectivity index (χ4n) is 3.03. The Morgan fingerprint density at radius 1 is 0.871 bits per heavy atom. The van der Waals surface area contributed by atoms with Crippen LogP contribution in [0.3, 0.4) is 0 Å². The molecule has 0 radical (unpaired) electrons. The number of rotatable bonds is 5. The quantitative estimate of drug-likeness (QED) is 0.556. The van der Waals surface area contributed by atoms with Gasteiger partial charge in [-0.15, -0.1) is 0 Å². The zero-order chi connectivity index (χ0) is 22.7. The van der Waals surface area contributed by atoms with E-state index in [0.717, 1.165) is 6.07 Å². The number of hydrogen-bond acceptors (Lipinski definition) is 5. The van der Waals surface area contributed by atoms with E-state index >= 15 is 0 Å². The Labute approximate surface area is 184 Å². The van der Waals surface area contributed by atoms with E-state index in [4.69, 9.17) is 11.6 Å². The molecule has 0 aliphatic carbocycles. The maximum atomic E-state index is 13.3. The summed E-state index contributed by atoms with van der Waals surface area (Å²) in [6.45, 7) is 0.0755. The molecule has 0 saturated heterocycles. The second kappa shape index (κ2) is 8.97. The van der Waals surface area contributed by atoms with E-state index in [1.165, 1.54) is 28.0 Å². The van der Waals surface area contributed by atoms with Gasteiger partial charge in [-0.2, -0.15) is 0 Å². The summed E-state index contributed by atoms with van der Waals surface area (Å²) in [6.07, 6.45) is 0. The molecular weight excluding hydrogens is 420 g/mol. The standard InChI is InChI=1S/C23H21ClN2O5/c1-25(2)22(30)15-6-8-16(9-7-15)26(13-14-4-3-5-17(27)10-14)23(31)18-11-19(24)21(29)12-20(18)28/h3-12,27-29H,13H2,1-2H3. The number of phenols is 3. The highest BCUT2D eigenvalue weighted by Crippen LogP contribution is 2.33. The molecule has 8 heteroatoms. The van der Waals surface area contributed by atoms with E-state index in [9.17, 15) is 24.9 Å². The van der Waals surface area contributed by atoms with Gasteiger partial charge in [0.15, 0.2) is 0 Å². The van der Waals surface area contributed by atoms with Crippen LogP contribution in [0, 0.1) is 0 Å². The lowest BCUT2D eigenvalue weighted by atomic mass is 10.1. The van der Waals surface area contributed by atoms with Crippen LogP contribution in [0.4, 0.5) is 5.69 Å². The lowest BCUT2D eigenvalue weighted by molar-refractivity contribution is 0.0827. The summed E-state index contributed by atoms with van der Waals surface area (Å²) in [5, 5.41) is 29.6. The van der Waals surface area contributed by atoms with Crippen molar-refractivity contribution < 1.29 is 24.9 Å². The van der Waals surface area contributed by atoms with E-state index in [1.54, 1.807) is 50.5 Å². The van der Waals surface area contributed by atoms with Crippen LogP contribution < -0.4 is 4.90 Å². The van der Waals surface area contributed by atoms with Gasteiger partial charge >= 0.3 is 0 Å². The molecule has 0 fully saturated rings. The van der Waals surface area contributed by atoms with Gasteiger partial charge in [0.25, 0.3) is 11.8 Å². The van der Waals surface area contributed by atoms with Gasteiger partial charge in [-0.05, 0) is 48.0 Å². The average Bonchev–Trinajstić information content (AvgIpc) is 2.74. The van der Waals surface area contributed by atoms with Crippen molar-refractivity contribution in [1.82, 2.24) is 4.90 Å². The van der Waals surface area contributed by atoms with Crippen LogP contribution in [0.2, 0.25) is 5.02 Å². The summed E-state index contributed by atoms with van der Waals surface area (Å²) in [5.41, 5.74) is 1.46. The highest BCUT2D eigenvalue weighted by molar-refractivity contribution is 6.32. The third-order valence-corrected chi connectivity index (χ3v) is 4.93. The molecule has 0 aromatic heterocycles. The van der Waals surface area contributed by atoms with E-state index in [2.05, 4.69) is 0 Å².